The highest BCUT2D eigenvalue weighted by molar-refractivity contribution is 7.92. The van der Waals surface area contributed by atoms with Crippen molar-refractivity contribution in [3.63, 3.8) is 0 Å². The van der Waals surface area contributed by atoms with Crippen LogP contribution in [0.15, 0.2) is 114 Å². The van der Waals surface area contributed by atoms with Gasteiger partial charge in [0.1, 0.15) is 12.6 Å². The fraction of sp³-hybridized carbons (Fsp3) is 0.212. The Hall–Kier alpha value is -4.14. The van der Waals surface area contributed by atoms with E-state index in [-0.39, 0.29) is 29.5 Å². The van der Waals surface area contributed by atoms with Crippen molar-refractivity contribution in [3.8, 4) is 0 Å². The van der Waals surface area contributed by atoms with E-state index in [0.29, 0.717) is 11.6 Å². The average Bonchev–Trinajstić information content (AvgIpc) is 2.98. The van der Waals surface area contributed by atoms with E-state index in [9.17, 15) is 18.0 Å². The Kier molecular flexibility index (Phi) is 10.4. The van der Waals surface area contributed by atoms with Crippen molar-refractivity contribution in [2.24, 2.45) is 0 Å². The van der Waals surface area contributed by atoms with Gasteiger partial charge >= 0.3 is 0 Å². The van der Waals surface area contributed by atoms with Crippen LogP contribution in [0.25, 0.3) is 0 Å². The van der Waals surface area contributed by atoms with Crippen LogP contribution in [0.3, 0.4) is 0 Å². The van der Waals surface area contributed by atoms with Gasteiger partial charge in [-0.2, -0.15) is 0 Å². The molecule has 0 fully saturated rings. The fourth-order valence-corrected chi connectivity index (χ4v) is 6.34. The Bertz CT molecular complexity index is 1610. The van der Waals surface area contributed by atoms with Crippen LogP contribution in [0.1, 0.15) is 23.6 Å². The Morgan fingerprint density at radius 1 is 0.833 bits per heavy atom. The summed E-state index contributed by atoms with van der Waals surface area (Å²) < 4.78 is 28.9. The molecule has 0 aliphatic heterocycles. The smallest absolute Gasteiger partial charge is 0.264 e. The molecule has 0 saturated carbocycles. The van der Waals surface area contributed by atoms with E-state index in [4.69, 9.17) is 11.6 Å². The van der Waals surface area contributed by atoms with Crippen molar-refractivity contribution < 1.29 is 18.0 Å². The molecular formula is C33H34ClN3O4S. The highest BCUT2D eigenvalue weighted by Gasteiger charge is 2.34. The zero-order valence-electron chi connectivity index (χ0n) is 23.6. The predicted octanol–water partition coefficient (Wildman–Crippen LogP) is 5.62. The van der Waals surface area contributed by atoms with E-state index >= 15 is 0 Å². The molecule has 7 nitrogen and oxygen atoms in total. The number of sulfonamides is 1. The number of amides is 2. The van der Waals surface area contributed by atoms with Crippen LogP contribution in [0, 0.1) is 6.92 Å². The monoisotopic (exact) mass is 603 g/mol. The van der Waals surface area contributed by atoms with E-state index in [2.05, 4.69) is 5.32 Å². The van der Waals surface area contributed by atoms with Gasteiger partial charge < -0.3 is 10.2 Å². The Morgan fingerprint density at radius 3 is 2.12 bits per heavy atom. The molecule has 4 aromatic carbocycles. The van der Waals surface area contributed by atoms with Gasteiger partial charge in [0.15, 0.2) is 0 Å². The summed E-state index contributed by atoms with van der Waals surface area (Å²) in [5.74, 6) is -0.842. The van der Waals surface area contributed by atoms with Crippen LogP contribution < -0.4 is 9.62 Å². The summed E-state index contributed by atoms with van der Waals surface area (Å²) in [5, 5.41) is 3.19. The van der Waals surface area contributed by atoms with Crippen molar-refractivity contribution in [3.05, 3.63) is 131 Å². The lowest BCUT2D eigenvalue weighted by molar-refractivity contribution is -0.140. The summed E-state index contributed by atoms with van der Waals surface area (Å²) in [5.41, 5.74) is 2.95. The third-order valence-electron chi connectivity index (χ3n) is 6.76. The summed E-state index contributed by atoms with van der Waals surface area (Å²) in [6.07, 6.45) is 0.257. The maximum absolute atomic E-state index is 14.3. The van der Waals surface area contributed by atoms with Crippen LogP contribution in [0.5, 0.6) is 0 Å². The van der Waals surface area contributed by atoms with Crippen LogP contribution in [0.2, 0.25) is 5.02 Å². The molecule has 0 unspecified atom stereocenters. The summed E-state index contributed by atoms with van der Waals surface area (Å²) in [4.78, 5) is 29.4. The van der Waals surface area contributed by atoms with Gasteiger partial charge in [0.25, 0.3) is 10.0 Å². The van der Waals surface area contributed by atoms with Gasteiger partial charge in [-0.3, -0.25) is 13.9 Å². The normalized spacial score (nSPS) is 11.9. The van der Waals surface area contributed by atoms with Crippen LogP contribution in [0.4, 0.5) is 5.69 Å². The number of rotatable bonds is 12. The molecule has 42 heavy (non-hydrogen) atoms. The van der Waals surface area contributed by atoms with Gasteiger partial charge in [-0.05, 0) is 55.3 Å². The van der Waals surface area contributed by atoms with E-state index in [1.165, 1.54) is 23.1 Å². The van der Waals surface area contributed by atoms with E-state index < -0.39 is 28.5 Å². The third-order valence-corrected chi connectivity index (χ3v) is 8.79. The Balaban J connectivity index is 1.79. The second-order valence-corrected chi connectivity index (χ2v) is 12.2. The molecule has 0 spiro atoms. The van der Waals surface area contributed by atoms with Gasteiger partial charge in [-0.1, -0.05) is 96.0 Å². The molecule has 0 aliphatic carbocycles. The summed E-state index contributed by atoms with van der Waals surface area (Å²) >= 11 is 6.25. The minimum absolute atomic E-state index is 0.0348. The van der Waals surface area contributed by atoms with Crippen molar-refractivity contribution in [1.82, 2.24) is 10.2 Å². The number of hydrogen-bond acceptors (Lipinski definition) is 4. The molecule has 4 rings (SSSR count). The van der Waals surface area contributed by atoms with E-state index in [1.807, 2.05) is 68.4 Å². The summed E-state index contributed by atoms with van der Waals surface area (Å²) in [7, 11) is -4.17. The second-order valence-electron chi connectivity index (χ2n) is 9.92. The highest BCUT2D eigenvalue weighted by Crippen LogP contribution is 2.27. The van der Waals surface area contributed by atoms with Gasteiger partial charge in [-0.25, -0.2) is 8.42 Å². The molecule has 218 valence electrons. The number of nitrogens with one attached hydrogen (secondary N) is 1. The second kappa shape index (κ2) is 14.2. The van der Waals surface area contributed by atoms with Crippen molar-refractivity contribution in [2.45, 2.75) is 37.8 Å². The molecule has 0 aliphatic rings. The molecule has 4 aromatic rings. The number of carbonyl (C=O) groups excluding carboxylic acids is 2. The molecule has 0 bridgehead atoms. The van der Waals surface area contributed by atoms with Crippen molar-refractivity contribution in [2.75, 3.05) is 17.4 Å². The first kappa shape index (κ1) is 30.8. The molecule has 0 radical (unpaired) electrons. The van der Waals surface area contributed by atoms with Gasteiger partial charge in [0, 0.05) is 24.5 Å². The number of halogens is 1. The number of nitrogens with zero attached hydrogens (tertiary/aromatic N) is 2. The predicted molar refractivity (Wildman–Crippen MR) is 167 cm³/mol. The maximum Gasteiger partial charge on any atom is 0.264 e. The molecule has 0 saturated heterocycles. The molecule has 1 atom stereocenters. The van der Waals surface area contributed by atoms with Crippen LogP contribution in [-0.4, -0.2) is 44.3 Å². The lowest BCUT2D eigenvalue weighted by Crippen LogP contribution is -2.53. The van der Waals surface area contributed by atoms with Crippen molar-refractivity contribution >= 4 is 39.1 Å². The minimum Gasteiger partial charge on any atom is -0.355 e. The highest BCUT2D eigenvalue weighted by atomic mass is 35.5. The zero-order valence-corrected chi connectivity index (χ0v) is 25.2. The largest absolute Gasteiger partial charge is 0.355 e. The van der Waals surface area contributed by atoms with E-state index in [1.54, 1.807) is 36.4 Å². The number of aryl methyl sites for hydroxylation is 1. The quantitative estimate of drug-likeness (QED) is 0.228. The first-order chi connectivity index (χ1) is 20.2. The summed E-state index contributed by atoms with van der Waals surface area (Å²) in [6, 6.07) is 30.5. The molecular weight excluding hydrogens is 570 g/mol. The third kappa shape index (κ3) is 7.78. The van der Waals surface area contributed by atoms with Crippen LogP contribution in [-0.2, 0) is 32.6 Å². The Labute approximate surface area is 252 Å². The maximum atomic E-state index is 14.3. The van der Waals surface area contributed by atoms with Crippen molar-refractivity contribution in [1.29, 1.82) is 0 Å². The van der Waals surface area contributed by atoms with Crippen LogP contribution >= 0.6 is 11.6 Å². The topological polar surface area (TPSA) is 86.8 Å². The molecule has 2 amide bonds. The van der Waals surface area contributed by atoms with E-state index in [0.717, 1.165) is 21.0 Å². The number of likely N-dealkylation sites (N-methyl/N-ethyl adjacent to an activating group) is 1. The first-order valence-corrected chi connectivity index (χ1v) is 15.5. The van der Waals surface area contributed by atoms with Gasteiger partial charge in [-0.15, -0.1) is 0 Å². The molecule has 1 N–H and O–H groups in total. The molecule has 0 heterocycles. The SMILES string of the molecule is CCNC(=O)[C@H](Cc1ccccc1)N(Cc1cccc(C)c1)C(=O)CN(c1cccc(Cl)c1)S(=O)(=O)c1ccccc1. The lowest BCUT2D eigenvalue weighted by Gasteiger charge is -2.34. The zero-order chi connectivity index (χ0) is 30.1. The number of carbonyl (C=O) groups is 2. The Morgan fingerprint density at radius 2 is 1.48 bits per heavy atom. The van der Waals surface area contributed by atoms with Gasteiger partial charge in [0.2, 0.25) is 11.8 Å². The number of benzene rings is 4. The summed E-state index contributed by atoms with van der Waals surface area (Å²) in [6.45, 7) is 3.73. The number of hydrogen-bond donors (Lipinski definition) is 1. The molecule has 0 aromatic heterocycles. The molecule has 9 heteroatoms. The number of anilines is 1. The minimum atomic E-state index is -4.17. The fourth-order valence-electron chi connectivity index (χ4n) is 4.73. The van der Waals surface area contributed by atoms with Gasteiger partial charge in [0.05, 0.1) is 10.6 Å². The average molecular weight is 604 g/mol. The first-order valence-electron chi connectivity index (χ1n) is 13.7. The standard InChI is InChI=1S/C33H34ClN3O4S/c1-3-35-33(39)31(21-26-13-6-4-7-14-26)36(23-27-15-10-12-25(2)20-27)32(38)24-37(29-17-11-16-28(34)22-29)42(40,41)30-18-8-5-9-19-30/h4-20,22,31H,3,21,23-24H2,1-2H3,(H,35,39)/t31-/m0/s1. The lowest BCUT2D eigenvalue weighted by atomic mass is 10.0.